The first kappa shape index (κ1) is 13.3. The molecule has 1 aliphatic carbocycles. The standard InChI is InChI=1S/C14H22N2O2/c1-15-12-7-3-4-8-13(12)18-10-11-6-5-9-16-14(11)17-2/h5-6,9,12-13,15H,3-4,7-8,10H2,1-2H3. The number of rotatable bonds is 5. The third kappa shape index (κ3) is 3.21. The van der Waals surface area contributed by atoms with Crippen LogP contribution in [-0.2, 0) is 11.3 Å². The molecule has 0 aliphatic heterocycles. The quantitative estimate of drug-likeness (QED) is 0.869. The Hall–Kier alpha value is -1.13. The van der Waals surface area contributed by atoms with Crippen LogP contribution in [0.5, 0.6) is 5.88 Å². The average molecular weight is 250 g/mol. The summed E-state index contributed by atoms with van der Waals surface area (Å²) < 4.78 is 11.3. The van der Waals surface area contributed by atoms with Crippen LogP contribution in [0.2, 0.25) is 0 Å². The van der Waals surface area contributed by atoms with Crippen LogP contribution in [0.25, 0.3) is 0 Å². The SMILES string of the molecule is CNC1CCCCC1OCc1cccnc1OC. The van der Waals surface area contributed by atoms with E-state index >= 15 is 0 Å². The predicted molar refractivity (Wildman–Crippen MR) is 70.7 cm³/mol. The van der Waals surface area contributed by atoms with Crippen molar-refractivity contribution in [3.05, 3.63) is 23.9 Å². The van der Waals surface area contributed by atoms with E-state index in [1.807, 2.05) is 19.2 Å². The maximum absolute atomic E-state index is 6.03. The van der Waals surface area contributed by atoms with E-state index in [-0.39, 0.29) is 0 Å². The van der Waals surface area contributed by atoms with E-state index in [0.29, 0.717) is 24.6 Å². The highest BCUT2D eigenvalue weighted by atomic mass is 16.5. The molecule has 2 atom stereocenters. The number of pyridine rings is 1. The van der Waals surface area contributed by atoms with Crippen LogP contribution in [-0.4, -0.2) is 31.3 Å². The lowest BCUT2D eigenvalue weighted by molar-refractivity contribution is -0.00446. The van der Waals surface area contributed by atoms with Gasteiger partial charge >= 0.3 is 0 Å². The zero-order valence-electron chi connectivity index (χ0n) is 11.2. The summed E-state index contributed by atoms with van der Waals surface area (Å²) in [5, 5.41) is 3.35. The van der Waals surface area contributed by atoms with Gasteiger partial charge in [0.1, 0.15) is 0 Å². The average Bonchev–Trinajstić information content (AvgIpc) is 2.45. The zero-order chi connectivity index (χ0) is 12.8. The fourth-order valence-electron chi connectivity index (χ4n) is 2.54. The van der Waals surface area contributed by atoms with Crippen molar-refractivity contribution >= 4 is 0 Å². The highest BCUT2D eigenvalue weighted by Gasteiger charge is 2.24. The lowest BCUT2D eigenvalue weighted by Gasteiger charge is -2.31. The number of aromatic nitrogens is 1. The summed E-state index contributed by atoms with van der Waals surface area (Å²) in [6.45, 7) is 0.569. The summed E-state index contributed by atoms with van der Waals surface area (Å²) in [5.74, 6) is 0.661. The lowest BCUT2D eigenvalue weighted by Crippen LogP contribution is -2.41. The molecule has 100 valence electrons. The molecule has 1 fully saturated rings. The minimum absolute atomic E-state index is 0.300. The molecule has 0 amide bonds. The Labute approximate surface area is 109 Å². The van der Waals surface area contributed by atoms with Gasteiger partial charge in [0.2, 0.25) is 5.88 Å². The van der Waals surface area contributed by atoms with Gasteiger partial charge in [-0.15, -0.1) is 0 Å². The second-order valence-corrected chi connectivity index (χ2v) is 4.70. The highest BCUT2D eigenvalue weighted by Crippen LogP contribution is 2.23. The van der Waals surface area contributed by atoms with Crippen molar-refractivity contribution in [2.75, 3.05) is 14.2 Å². The first-order valence-electron chi connectivity index (χ1n) is 6.62. The Kier molecular flexibility index (Phi) is 4.96. The molecule has 1 aromatic heterocycles. The van der Waals surface area contributed by atoms with Crippen molar-refractivity contribution in [2.45, 2.75) is 44.4 Å². The molecule has 4 nitrogen and oxygen atoms in total. The zero-order valence-corrected chi connectivity index (χ0v) is 11.2. The molecule has 0 aromatic carbocycles. The van der Waals surface area contributed by atoms with Crippen molar-refractivity contribution in [1.29, 1.82) is 0 Å². The Morgan fingerprint density at radius 2 is 2.22 bits per heavy atom. The molecule has 0 saturated heterocycles. The van der Waals surface area contributed by atoms with Gasteiger partial charge in [-0.2, -0.15) is 0 Å². The van der Waals surface area contributed by atoms with Crippen molar-refractivity contribution in [2.24, 2.45) is 0 Å². The lowest BCUT2D eigenvalue weighted by atomic mass is 9.92. The van der Waals surface area contributed by atoms with E-state index < -0.39 is 0 Å². The Morgan fingerprint density at radius 1 is 1.39 bits per heavy atom. The van der Waals surface area contributed by atoms with Gasteiger partial charge in [0.05, 0.1) is 19.8 Å². The molecule has 18 heavy (non-hydrogen) atoms. The van der Waals surface area contributed by atoms with E-state index in [0.717, 1.165) is 12.0 Å². The van der Waals surface area contributed by atoms with Gasteiger partial charge in [0.15, 0.2) is 0 Å². The van der Waals surface area contributed by atoms with Crippen LogP contribution in [0.1, 0.15) is 31.2 Å². The number of hydrogen-bond acceptors (Lipinski definition) is 4. The van der Waals surface area contributed by atoms with Crippen LogP contribution >= 0.6 is 0 Å². The first-order chi connectivity index (χ1) is 8.85. The van der Waals surface area contributed by atoms with E-state index in [2.05, 4.69) is 10.3 Å². The van der Waals surface area contributed by atoms with Crippen molar-refractivity contribution in [3.8, 4) is 5.88 Å². The summed E-state index contributed by atoms with van der Waals surface area (Å²) in [7, 11) is 3.65. The van der Waals surface area contributed by atoms with Gasteiger partial charge < -0.3 is 14.8 Å². The van der Waals surface area contributed by atoms with Gasteiger partial charge in [0, 0.05) is 17.8 Å². The largest absolute Gasteiger partial charge is 0.481 e. The van der Waals surface area contributed by atoms with Gasteiger partial charge in [-0.3, -0.25) is 0 Å². The summed E-state index contributed by atoms with van der Waals surface area (Å²) in [6.07, 6.45) is 6.92. The van der Waals surface area contributed by atoms with Crippen LogP contribution < -0.4 is 10.1 Å². The second-order valence-electron chi connectivity index (χ2n) is 4.70. The third-order valence-electron chi connectivity index (χ3n) is 3.57. The number of ether oxygens (including phenoxy) is 2. The smallest absolute Gasteiger partial charge is 0.218 e. The summed E-state index contributed by atoms with van der Waals surface area (Å²) in [4.78, 5) is 4.18. The molecule has 1 aliphatic rings. The normalized spacial score (nSPS) is 23.9. The van der Waals surface area contributed by atoms with Crippen LogP contribution in [0.3, 0.4) is 0 Å². The maximum Gasteiger partial charge on any atom is 0.218 e. The van der Waals surface area contributed by atoms with E-state index in [4.69, 9.17) is 9.47 Å². The Bertz CT molecular complexity index is 371. The van der Waals surface area contributed by atoms with Crippen LogP contribution in [0.4, 0.5) is 0 Å². The molecular formula is C14H22N2O2. The predicted octanol–water partition coefficient (Wildman–Crippen LogP) is 2.14. The number of nitrogens with one attached hydrogen (secondary N) is 1. The molecule has 4 heteroatoms. The molecule has 2 rings (SSSR count). The molecular weight excluding hydrogens is 228 g/mol. The minimum atomic E-state index is 0.300. The van der Waals surface area contributed by atoms with E-state index in [1.165, 1.54) is 19.3 Å². The number of methoxy groups -OCH3 is 1. The minimum Gasteiger partial charge on any atom is -0.481 e. The molecule has 1 heterocycles. The third-order valence-corrected chi connectivity index (χ3v) is 3.57. The first-order valence-corrected chi connectivity index (χ1v) is 6.62. The number of nitrogens with zero attached hydrogens (tertiary/aromatic N) is 1. The summed E-state index contributed by atoms with van der Waals surface area (Å²) in [5.41, 5.74) is 1.01. The summed E-state index contributed by atoms with van der Waals surface area (Å²) >= 11 is 0. The molecule has 0 spiro atoms. The second kappa shape index (κ2) is 6.71. The van der Waals surface area contributed by atoms with E-state index in [1.54, 1.807) is 13.3 Å². The van der Waals surface area contributed by atoms with Crippen molar-refractivity contribution in [1.82, 2.24) is 10.3 Å². The fourth-order valence-corrected chi connectivity index (χ4v) is 2.54. The van der Waals surface area contributed by atoms with Gasteiger partial charge in [-0.05, 0) is 32.0 Å². The van der Waals surface area contributed by atoms with Gasteiger partial charge in [-0.25, -0.2) is 4.98 Å². The Morgan fingerprint density at radius 3 is 3.00 bits per heavy atom. The Balaban J connectivity index is 1.93. The molecule has 0 bridgehead atoms. The number of hydrogen-bond donors (Lipinski definition) is 1. The topological polar surface area (TPSA) is 43.4 Å². The molecule has 1 N–H and O–H groups in total. The van der Waals surface area contributed by atoms with Gasteiger partial charge in [-0.1, -0.05) is 12.8 Å². The molecule has 0 radical (unpaired) electrons. The maximum atomic E-state index is 6.03. The molecule has 2 unspecified atom stereocenters. The van der Waals surface area contributed by atoms with Gasteiger partial charge in [0.25, 0.3) is 0 Å². The van der Waals surface area contributed by atoms with Crippen LogP contribution in [0.15, 0.2) is 18.3 Å². The van der Waals surface area contributed by atoms with Crippen molar-refractivity contribution < 1.29 is 9.47 Å². The van der Waals surface area contributed by atoms with Crippen LogP contribution in [0, 0.1) is 0 Å². The fraction of sp³-hybridized carbons (Fsp3) is 0.643. The van der Waals surface area contributed by atoms with E-state index in [9.17, 15) is 0 Å². The monoisotopic (exact) mass is 250 g/mol. The highest BCUT2D eigenvalue weighted by molar-refractivity contribution is 5.24. The summed E-state index contributed by atoms with van der Waals surface area (Å²) in [6, 6.07) is 4.39. The van der Waals surface area contributed by atoms with Crippen molar-refractivity contribution in [3.63, 3.8) is 0 Å². The molecule has 1 saturated carbocycles. The number of likely N-dealkylation sites (N-methyl/N-ethyl adjacent to an activating group) is 1. The molecule has 1 aromatic rings.